The SMILES string of the molecule is O=c1cc[nH]cc1S(=O)(=O)NCc1ccccc1[N+](=O)[O-]. The molecule has 0 atom stereocenters. The fraction of sp³-hybridized carbons (Fsp3) is 0.0833. The van der Waals surface area contributed by atoms with Crippen LogP contribution in [-0.4, -0.2) is 18.3 Å². The van der Waals surface area contributed by atoms with Gasteiger partial charge >= 0.3 is 0 Å². The molecule has 21 heavy (non-hydrogen) atoms. The quantitative estimate of drug-likeness (QED) is 0.623. The molecule has 1 aromatic carbocycles. The first-order valence-electron chi connectivity index (χ1n) is 5.81. The average molecular weight is 309 g/mol. The Kier molecular flexibility index (Phi) is 4.15. The van der Waals surface area contributed by atoms with E-state index in [-0.39, 0.29) is 17.8 Å². The number of nitrogens with one attached hydrogen (secondary N) is 2. The lowest BCUT2D eigenvalue weighted by Gasteiger charge is -2.06. The largest absolute Gasteiger partial charge is 0.366 e. The molecule has 0 unspecified atom stereocenters. The van der Waals surface area contributed by atoms with Crippen LogP contribution in [0.4, 0.5) is 5.69 Å². The first-order chi connectivity index (χ1) is 9.92. The molecule has 0 aliphatic rings. The lowest BCUT2D eigenvalue weighted by atomic mass is 10.2. The molecule has 110 valence electrons. The van der Waals surface area contributed by atoms with E-state index in [0.29, 0.717) is 0 Å². The van der Waals surface area contributed by atoms with Gasteiger partial charge in [-0.2, -0.15) is 0 Å². The van der Waals surface area contributed by atoms with E-state index in [1.807, 2.05) is 0 Å². The summed E-state index contributed by atoms with van der Waals surface area (Å²) < 4.78 is 26.2. The Morgan fingerprint density at radius 3 is 2.62 bits per heavy atom. The van der Waals surface area contributed by atoms with Crippen molar-refractivity contribution in [1.29, 1.82) is 0 Å². The first kappa shape index (κ1) is 14.9. The van der Waals surface area contributed by atoms with Crippen LogP contribution >= 0.6 is 0 Å². The standard InChI is InChI=1S/C12H11N3O5S/c16-11-5-6-13-8-12(11)21(19,20)14-7-9-3-1-2-4-10(9)15(17)18/h1-6,8,14H,7H2,(H,13,16). The summed E-state index contributed by atoms with van der Waals surface area (Å²) in [6.45, 7) is -0.284. The van der Waals surface area contributed by atoms with Crippen LogP contribution < -0.4 is 10.2 Å². The summed E-state index contributed by atoms with van der Waals surface area (Å²) in [4.78, 5) is 23.8. The molecule has 2 rings (SSSR count). The van der Waals surface area contributed by atoms with E-state index in [9.17, 15) is 23.3 Å². The van der Waals surface area contributed by atoms with Gasteiger partial charge in [0.25, 0.3) is 5.69 Å². The number of nitrogens with zero attached hydrogens (tertiary/aromatic N) is 1. The van der Waals surface area contributed by atoms with Gasteiger partial charge in [0.2, 0.25) is 15.5 Å². The number of hydrogen-bond donors (Lipinski definition) is 2. The predicted molar refractivity (Wildman–Crippen MR) is 74.2 cm³/mol. The van der Waals surface area contributed by atoms with Crippen molar-refractivity contribution in [1.82, 2.24) is 9.71 Å². The molecule has 0 saturated carbocycles. The van der Waals surface area contributed by atoms with E-state index in [1.165, 1.54) is 24.4 Å². The molecule has 0 bridgehead atoms. The fourth-order valence-electron chi connectivity index (χ4n) is 1.70. The summed E-state index contributed by atoms with van der Waals surface area (Å²) in [5.74, 6) is 0. The van der Waals surface area contributed by atoms with Gasteiger partial charge in [0.05, 0.1) is 4.92 Å². The second-order valence-corrected chi connectivity index (χ2v) is 5.82. The minimum atomic E-state index is -4.05. The van der Waals surface area contributed by atoms with Gasteiger partial charge in [0.15, 0.2) is 0 Å². The second-order valence-electron chi connectivity index (χ2n) is 4.08. The minimum Gasteiger partial charge on any atom is -0.366 e. The molecule has 8 nitrogen and oxygen atoms in total. The summed E-state index contributed by atoms with van der Waals surface area (Å²) in [6.07, 6.45) is 2.37. The van der Waals surface area contributed by atoms with Gasteiger partial charge in [-0.15, -0.1) is 0 Å². The lowest BCUT2D eigenvalue weighted by Crippen LogP contribution is -2.28. The number of benzene rings is 1. The Balaban J connectivity index is 2.26. The Morgan fingerprint density at radius 2 is 1.95 bits per heavy atom. The van der Waals surface area contributed by atoms with Crippen LogP contribution in [0.3, 0.4) is 0 Å². The van der Waals surface area contributed by atoms with E-state index in [0.717, 1.165) is 12.3 Å². The van der Waals surface area contributed by atoms with E-state index < -0.39 is 25.3 Å². The molecule has 0 amide bonds. The van der Waals surface area contributed by atoms with E-state index in [2.05, 4.69) is 9.71 Å². The minimum absolute atomic E-state index is 0.192. The number of aromatic nitrogens is 1. The maximum atomic E-state index is 12.0. The van der Waals surface area contributed by atoms with Gasteiger partial charge in [0.1, 0.15) is 4.90 Å². The topological polar surface area (TPSA) is 122 Å². The highest BCUT2D eigenvalue weighted by molar-refractivity contribution is 7.89. The maximum Gasteiger partial charge on any atom is 0.273 e. The van der Waals surface area contributed by atoms with Crippen LogP contribution in [0, 0.1) is 10.1 Å². The fourth-order valence-corrected chi connectivity index (χ4v) is 2.76. The summed E-state index contributed by atoms with van der Waals surface area (Å²) in [6, 6.07) is 6.85. The normalized spacial score (nSPS) is 11.2. The molecule has 1 heterocycles. The smallest absolute Gasteiger partial charge is 0.273 e. The molecule has 2 N–H and O–H groups in total. The van der Waals surface area contributed by atoms with Gasteiger partial charge in [-0.3, -0.25) is 14.9 Å². The number of nitro groups is 1. The molecule has 0 aliphatic carbocycles. The van der Waals surface area contributed by atoms with Crippen LogP contribution in [0.5, 0.6) is 0 Å². The van der Waals surface area contributed by atoms with Crippen molar-refractivity contribution in [3.8, 4) is 0 Å². The van der Waals surface area contributed by atoms with Crippen molar-refractivity contribution >= 4 is 15.7 Å². The van der Waals surface area contributed by atoms with Crippen molar-refractivity contribution in [3.05, 3.63) is 68.6 Å². The Morgan fingerprint density at radius 1 is 1.24 bits per heavy atom. The van der Waals surface area contributed by atoms with Crippen LogP contribution in [0.2, 0.25) is 0 Å². The highest BCUT2D eigenvalue weighted by Crippen LogP contribution is 2.17. The molecule has 9 heteroatoms. The third-order valence-corrected chi connectivity index (χ3v) is 4.14. The molecule has 1 aromatic heterocycles. The molecule has 0 saturated heterocycles. The summed E-state index contributed by atoms with van der Waals surface area (Å²) in [5, 5.41) is 10.8. The third kappa shape index (κ3) is 3.33. The highest BCUT2D eigenvalue weighted by Gasteiger charge is 2.19. The van der Waals surface area contributed by atoms with Crippen LogP contribution in [0.1, 0.15) is 5.56 Å². The van der Waals surface area contributed by atoms with E-state index in [1.54, 1.807) is 6.07 Å². The number of H-pyrrole nitrogens is 1. The molecule has 0 fully saturated rings. The van der Waals surface area contributed by atoms with Crippen LogP contribution in [-0.2, 0) is 16.6 Å². The monoisotopic (exact) mass is 309 g/mol. The van der Waals surface area contributed by atoms with Crippen molar-refractivity contribution in [2.24, 2.45) is 0 Å². The first-order valence-corrected chi connectivity index (χ1v) is 7.29. The molecule has 0 radical (unpaired) electrons. The Bertz CT molecular complexity index is 829. The van der Waals surface area contributed by atoms with Gasteiger partial charge in [-0.1, -0.05) is 18.2 Å². The van der Waals surface area contributed by atoms with Crippen molar-refractivity contribution < 1.29 is 13.3 Å². The average Bonchev–Trinajstić information content (AvgIpc) is 2.45. The molecule has 0 spiro atoms. The summed E-state index contributed by atoms with van der Waals surface area (Å²) >= 11 is 0. The highest BCUT2D eigenvalue weighted by atomic mass is 32.2. The van der Waals surface area contributed by atoms with Gasteiger partial charge < -0.3 is 4.98 Å². The number of sulfonamides is 1. The van der Waals surface area contributed by atoms with Gasteiger partial charge in [0, 0.05) is 36.6 Å². The lowest BCUT2D eigenvalue weighted by molar-refractivity contribution is -0.385. The van der Waals surface area contributed by atoms with Gasteiger partial charge in [-0.05, 0) is 0 Å². The number of para-hydroxylation sites is 1. The molecular formula is C12H11N3O5S. The number of hydrogen-bond acceptors (Lipinski definition) is 5. The van der Waals surface area contributed by atoms with Crippen molar-refractivity contribution in [2.45, 2.75) is 11.4 Å². The van der Waals surface area contributed by atoms with Crippen LogP contribution in [0.15, 0.2) is 52.4 Å². The van der Waals surface area contributed by atoms with Gasteiger partial charge in [-0.25, -0.2) is 13.1 Å². The molecule has 0 aliphatic heterocycles. The Labute approximate surface area is 119 Å². The predicted octanol–water partition coefficient (Wildman–Crippen LogP) is 0.762. The van der Waals surface area contributed by atoms with Crippen molar-refractivity contribution in [2.75, 3.05) is 0 Å². The second kappa shape index (κ2) is 5.85. The summed E-state index contributed by atoms with van der Waals surface area (Å²) in [5.41, 5.74) is -0.649. The molecular weight excluding hydrogens is 298 g/mol. The van der Waals surface area contributed by atoms with E-state index in [4.69, 9.17) is 0 Å². The Hall–Kier alpha value is -2.52. The van der Waals surface area contributed by atoms with Crippen LogP contribution in [0.25, 0.3) is 0 Å². The zero-order valence-corrected chi connectivity index (χ0v) is 11.5. The van der Waals surface area contributed by atoms with Crippen molar-refractivity contribution in [3.63, 3.8) is 0 Å². The number of rotatable bonds is 5. The third-order valence-electron chi connectivity index (χ3n) is 2.72. The zero-order chi connectivity index (χ0) is 15.5. The molecule has 2 aromatic rings. The maximum absolute atomic E-state index is 12.0. The number of nitro benzene ring substituents is 1. The number of pyridine rings is 1. The number of aromatic amines is 1. The zero-order valence-electron chi connectivity index (χ0n) is 10.6. The van der Waals surface area contributed by atoms with E-state index >= 15 is 0 Å². The summed E-state index contributed by atoms with van der Waals surface area (Å²) in [7, 11) is -4.05.